The summed E-state index contributed by atoms with van der Waals surface area (Å²) >= 11 is 0. The van der Waals surface area contributed by atoms with Gasteiger partial charge in [-0.1, -0.05) is 13.8 Å². The maximum absolute atomic E-state index is 11.2. The molecular formula is C12H21N3O2. The van der Waals surface area contributed by atoms with Crippen molar-refractivity contribution in [3.8, 4) is 0 Å². The molecule has 0 atom stereocenters. The highest BCUT2D eigenvalue weighted by molar-refractivity contribution is 5.65. The normalized spacial score (nSPS) is 10.8. The van der Waals surface area contributed by atoms with Crippen LogP contribution in [0.5, 0.6) is 0 Å². The van der Waals surface area contributed by atoms with Crippen molar-refractivity contribution < 1.29 is 9.90 Å². The van der Waals surface area contributed by atoms with Gasteiger partial charge in [-0.15, -0.1) is 0 Å². The molecular weight excluding hydrogens is 218 g/mol. The van der Waals surface area contributed by atoms with Crippen LogP contribution in [0.15, 0.2) is 12.5 Å². The van der Waals surface area contributed by atoms with Gasteiger partial charge in [0.1, 0.15) is 0 Å². The summed E-state index contributed by atoms with van der Waals surface area (Å²) in [7, 11) is 0. The van der Waals surface area contributed by atoms with Gasteiger partial charge in [0.05, 0.1) is 6.33 Å². The van der Waals surface area contributed by atoms with Gasteiger partial charge in [0.15, 0.2) is 0 Å². The standard InChI is InChI=1S/C12H21N3O2/c1-3-11(4-2)15(12(16)17)7-5-6-10-8-13-9-14-10/h8-9,11H,3-7H2,1-2H3,(H,13,14)(H,16,17). The Morgan fingerprint density at radius 3 is 2.71 bits per heavy atom. The molecule has 0 spiro atoms. The number of amides is 1. The fraction of sp³-hybridized carbons (Fsp3) is 0.667. The number of imidazole rings is 1. The summed E-state index contributed by atoms with van der Waals surface area (Å²) in [5, 5.41) is 9.17. The topological polar surface area (TPSA) is 69.2 Å². The predicted octanol–water partition coefficient (Wildman–Crippen LogP) is 2.51. The Morgan fingerprint density at radius 1 is 1.53 bits per heavy atom. The van der Waals surface area contributed by atoms with Crippen LogP contribution in [0.25, 0.3) is 0 Å². The lowest BCUT2D eigenvalue weighted by atomic mass is 10.1. The van der Waals surface area contributed by atoms with E-state index in [-0.39, 0.29) is 6.04 Å². The summed E-state index contributed by atoms with van der Waals surface area (Å²) in [4.78, 5) is 19.7. The summed E-state index contributed by atoms with van der Waals surface area (Å²) in [6, 6.07) is 0.134. The number of nitrogens with one attached hydrogen (secondary N) is 1. The van der Waals surface area contributed by atoms with E-state index in [0.29, 0.717) is 6.54 Å². The smallest absolute Gasteiger partial charge is 0.407 e. The van der Waals surface area contributed by atoms with E-state index in [1.54, 1.807) is 17.4 Å². The number of aromatic amines is 1. The Balaban J connectivity index is 2.41. The van der Waals surface area contributed by atoms with Gasteiger partial charge in [0.25, 0.3) is 0 Å². The Morgan fingerprint density at radius 2 is 2.24 bits per heavy atom. The number of hydrogen-bond acceptors (Lipinski definition) is 2. The van der Waals surface area contributed by atoms with Crippen LogP contribution in [0.4, 0.5) is 4.79 Å². The number of nitrogens with zero attached hydrogens (tertiary/aromatic N) is 2. The fourth-order valence-corrected chi connectivity index (χ4v) is 2.03. The third-order valence-electron chi connectivity index (χ3n) is 3.03. The molecule has 2 N–H and O–H groups in total. The second kappa shape index (κ2) is 6.93. The second-order valence-corrected chi connectivity index (χ2v) is 4.13. The van der Waals surface area contributed by atoms with Crippen molar-refractivity contribution in [2.75, 3.05) is 6.54 Å². The van der Waals surface area contributed by atoms with Crippen molar-refractivity contribution in [1.82, 2.24) is 14.9 Å². The summed E-state index contributed by atoms with van der Waals surface area (Å²) in [5.41, 5.74) is 1.06. The van der Waals surface area contributed by atoms with E-state index >= 15 is 0 Å². The Bertz CT molecular complexity index is 321. The molecule has 96 valence electrons. The minimum atomic E-state index is -0.816. The molecule has 5 nitrogen and oxygen atoms in total. The van der Waals surface area contributed by atoms with Gasteiger partial charge >= 0.3 is 6.09 Å². The zero-order chi connectivity index (χ0) is 12.7. The SMILES string of the molecule is CCC(CC)N(CCCc1cnc[nH]1)C(=O)O. The average molecular weight is 239 g/mol. The van der Waals surface area contributed by atoms with Gasteiger partial charge < -0.3 is 15.0 Å². The predicted molar refractivity (Wildman–Crippen MR) is 66.0 cm³/mol. The summed E-state index contributed by atoms with van der Waals surface area (Å²) in [5.74, 6) is 0. The van der Waals surface area contributed by atoms with Crippen molar-refractivity contribution in [2.24, 2.45) is 0 Å². The minimum Gasteiger partial charge on any atom is -0.465 e. The molecule has 17 heavy (non-hydrogen) atoms. The molecule has 1 aromatic rings. The van der Waals surface area contributed by atoms with Crippen LogP contribution >= 0.6 is 0 Å². The second-order valence-electron chi connectivity index (χ2n) is 4.13. The molecule has 0 radical (unpaired) electrons. The summed E-state index contributed by atoms with van der Waals surface area (Å²) < 4.78 is 0. The lowest BCUT2D eigenvalue weighted by Crippen LogP contribution is -2.39. The highest BCUT2D eigenvalue weighted by Crippen LogP contribution is 2.10. The number of carbonyl (C=O) groups is 1. The van der Waals surface area contributed by atoms with Crippen LogP contribution in [0.3, 0.4) is 0 Å². The van der Waals surface area contributed by atoms with E-state index in [2.05, 4.69) is 9.97 Å². The molecule has 1 aromatic heterocycles. The maximum Gasteiger partial charge on any atom is 0.407 e. The van der Waals surface area contributed by atoms with Gasteiger partial charge in [-0.2, -0.15) is 0 Å². The number of carboxylic acid groups (broad SMARTS) is 1. The van der Waals surface area contributed by atoms with E-state index < -0.39 is 6.09 Å². The number of aromatic nitrogens is 2. The molecule has 1 amide bonds. The summed E-state index contributed by atoms with van der Waals surface area (Å²) in [6.07, 6.45) is 6.01. The first-order valence-corrected chi connectivity index (χ1v) is 6.15. The largest absolute Gasteiger partial charge is 0.465 e. The Hall–Kier alpha value is -1.52. The van der Waals surface area contributed by atoms with E-state index in [9.17, 15) is 4.79 Å². The lowest BCUT2D eigenvalue weighted by molar-refractivity contribution is 0.120. The molecule has 5 heteroatoms. The van der Waals surface area contributed by atoms with E-state index in [1.165, 1.54) is 0 Å². The molecule has 0 unspecified atom stereocenters. The molecule has 0 fully saturated rings. The Labute approximate surface area is 102 Å². The quantitative estimate of drug-likeness (QED) is 0.768. The van der Waals surface area contributed by atoms with Gasteiger partial charge in [-0.25, -0.2) is 9.78 Å². The van der Waals surface area contributed by atoms with Crippen molar-refractivity contribution in [2.45, 2.75) is 45.6 Å². The number of rotatable bonds is 7. The number of H-pyrrole nitrogens is 1. The minimum absolute atomic E-state index is 0.134. The van der Waals surface area contributed by atoms with Crippen molar-refractivity contribution in [3.05, 3.63) is 18.2 Å². The van der Waals surface area contributed by atoms with Crippen LogP contribution in [-0.2, 0) is 6.42 Å². The molecule has 1 rings (SSSR count). The molecule has 0 bridgehead atoms. The molecule has 0 aliphatic rings. The molecule has 1 heterocycles. The van der Waals surface area contributed by atoms with Crippen LogP contribution < -0.4 is 0 Å². The van der Waals surface area contributed by atoms with Crippen LogP contribution in [0.2, 0.25) is 0 Å². The van der Waals surface area contributed by atoms with Crippen molar-refractivity contribution in [1.29, 1.82) is 0 Å². The maximum atomic E-state index is 11.2. The molecule has 0 aliphatic heterocycles. The van der Waals surface area contributed by atoms with Crippen LogP contribution in [0.1, 0.15) is 38.8 Å². The van der Waals surface area contributed by atoms with E-state index in [0.717, 1.165) is 31.4 Å². The zero-order valence-electron chi connectivity index (χ0n) is 10.5. The van der Waals surface area contributed by atoms with Gasteiger partial charge in [0, 0.05) is 24.5 Å². The highest BCUT2D eigenvalue weighted by atomic mass is 16.4. The fourth-order valence-electron chi connectivity index (χ4n) is 2.03. The molecule has 0 saturated heterocycles. The zero-order valence-corrected chi connectivity index (χ0v) is 10.5. The Kier molecular flexibility index (Phi) is 5.52. The first-order valence-electron chi connectivity index (χ1n) is 6.15. The molecule has 0 saturated carbocycles. The van der Waals surface area contributed by atoms with Gasteiger partial charge in [-0.3, -0.25) is 0 Å². The number of aryl methyl sites for hydroxylation is 1. The molecule has 0 aliphatic carbocycles. The van der Waals surface area contributed by atoms with Crippen LogP contribution in [-0.4, -0.2) is 38.7 Å². The lowest BCUT2D eigenvalue weighted by Gasteiger charge is -2.27. The van der Waals surface area contributed by atoms with Gasteiger partial charge in [-0.05, 0) is 25.7 Å². The first kappa shape index (κ1) is 13.5. The summed E-state index contributed by atoms with van der Waals surface area (Å²) in [6.45, 7) is 4.64. The molecule has 0 aromatic carbocycles. The average Bonchev–Trinajstić information content (AvgIpc) is 2.81. The van der Waals surface area contributed by atoms with E-state index in [4.69, 9.17) is 5.11 Å². The third kappa shape index (κ3) is 4.09. The number of hydrogen-bond donors (Lipinski definition) is 2. The third-order valence-corrected chi connectivity index (χ3v) is 3.03. The van der Waals surface area contributed by atoms with Crippen molar-refractivity contribution in [3.63, 3.8) is 0 Å². The first-order chi connectivity index (χ1) is 8.19. The van der Waals surface area contributed by atoms with Gasteiger partial charge in [0.2, 0.25) is 0 Å². The van der Waals surface area contributed by atoms with E-state index in [1.807, 2.05) is 13.8 Å². The van der Waals surface area contributed by atoms with Crippen molar-refractivity contribution >= 4 is 6.09 Å². The highest BCUT2D eigenvalue weighted by Gasteiger charge is 2.19. The monoisotopic (exact) mass is 239 g/mol. The van der Waals surface area contributed by atoms with Crippen LogP contribution in [0, 0.1) is 0 Å².